The molecule has 110 valence electrons. The first kappa shape index (κ1) is 14.7. The highest BCUT2D eigenvalue weighted by atomic mass is 16.3. The van der Waals surface area contributed by atoms with Crippen LogP contribution in [0.25, 0.3) is 0 Å². The van der Waals surface area contributed by atoms with Gasteiger partial charge in [-0.2, -0.15) is 0 Å². The van der Waals surface area contributed by atoms with E-state index >= 15 is 0 Å². The van der Waals surface area contributed by atoms with Crippen LogP contribution in [0, 0.1) is 0 Å². The Morgan fingerprint density at radius 2 is 1.67 bits per heavy atom. The van der Waals surface area contributed by atoms with Crippen LogP contribution in [0.1, 0.15) is 22.3 Å². The Bertz CT molecular complexity index is 626. The molecule has 0 aliphatic carbocycles. The predicted molar refractivity (Wildman–Crippen MR) is 78.5 cm³/mol. The summed E-state index contributed by atoms with van der Waals surface area (Å²) in [5, 5.41) is 30.9. The van der Waals surface area contributed by atoms with Crippen molar-refractivity contribution in [2.75, 3.05) is 6.54 Å². The summed E-state index contributed by atoms with van der Waals surface area (Å²) >= 11 is 0. The van der Waals surface area contributed by atoms with Gasteiger partial charge in [0.15, 0.2) is 11.5 Å². The Kier molecular flexibility index (Phi) is 4.66. The molecule has 0 spiro atoms. The molecule has 0 radical (unpaired) electrons. The first-order valence-electron chi connectivity index (χ1n) is 6.65. The van der Waals surface area contributed by atoms with E-state index < -0.39 is 23.2 Å². The lowest BCUT2D eigenvalue weighted by atomic mass is 10.1. The van der Waals surface area contributed by atoms with Crippen LogP contribution in [0.2, 0.25) is 0 Å². The molecule has 0 aliphatic rings. The molecule has 0 heterocycles. The first-order chi connectivity index (χ1) is 10.1. The number of phenols is 3. The standard InChI is InChI=1S/C16H17NO4/c18-13-9-8-12(14(19)15(13)20)16(21)17-10-4-7-11-5-2-1-3-6-11/h1-3,5-6,8-9,18-20H,4,7,10H2,(H,17,21). The molecule has 0 aliphatic heterocycles. The summed E-state index contributed by atoms with van der Waals surface area (Å²) in [5.74, 6) is -2.26. The minimum absolute atomic E-state index is 0.0648. The number of carbonyl (C=O) groups is 1. The molecule has 21 heavy (non-hydrogen) atoms. The van der Waals surface area contributed by atoms with Gasteiger partial charge in [-0.3, -0.25) is 4.79 Å². The number of hydrogen-bond acceptors (Lipinski definition) is 4. The largest absolute Gasteiger partial charge is 0.504 e. The number of rotatable bonds is 5. The second kappa shape index (κ2) is 6.65. The van der Waals surface area contributed by atoms with Crippen LogP contribution in [-0.2, 0) is 6.42 Å². The number of nitrogens with one attached hydrogen (secondary N) is 1. The van der Waals surface area contributed by atoms with E-state index in [1.807, 2.05) is 30.3 Å². The summed E-state index contributed by atoms with van der Waals surface area (Å²) < 4.78 is 0. The summed E-state index contributed by atoms with van der Waals surface area (Å²) in [7, 11) is 0. The monoisotopic (exact) mass is 287 g/mol. The third-order valence-electron chi connectivity index (χ3n) is 3.15. The topological polar surface area (TPSA) is 89.8 Å². The van der Waals surface area contributed by atoms with E-state index in [9.17, 15) is 20.1 Å². The average Bonchev–Trinajstić information content (AvgIpc) is 2.50. The molecule has 2 rings (SSSR count). The van der Waals surface area contributed by atoms with Crippen molar-refractivity contribution in [1.82, 2.24) is 5.32 Å². The Morgan fingerprint density at radius 1 is 0.952 bits per heavy atom. The molecule has 5 heteroatoms. The van der Waals surface area contributed by atoms with Crippen LogP contribution in [0.3, 0.4) is 0 Å². The van der Waals surface area contributed by atoms with Gasteiger partial charge in [-0.25, -0.2) is 0 Å². The fourth-order valence-electron chi connectivity index (χ4n) is 1.99. The van der Waals surface area contributed by atoms with E-state index in [0.717, 1.165) is 18.9 Å². The Morgan fingerprint density at radius 3 is 2.38 bits per heavy atom. The van der Waals surface area contributed by atoms with Crippen LogP contribution >= 0.6 is 0 Å². The van der Waals surface area contributed by atoms with Gasteiger partial charge in [0.05, 0.1) is 5.56 Å². The normalized spacial score (nSPS) is 10.3. The maximum atomic E-state index is 11.9. The quantitative estimate of drug-likeness (QED) is 0.501. The number of hydrogen-bond donors (Lipinski definition) is 4. The maximum absolute atomic E-state index is 11.9. The second-order valence-corrected chi connectivity index (χ2v) is 4.67. The van der Waals surface area contributed by atoms with Crippen LogP contribution in [0.5, 0.6) is 17.2 Å². The molecule has 0 aromatic heterocycles. The summed E-state index contributed by atoms with van der Waals surface area (Å²) in [5.41, 5.74) is 1.13. The fourth-order valence-corrected chi connectivity index (χ4v) is 1.99. The van der Waals surface area contributed by atoms with Crippen molar-refractivity contribution in [3.63, 3.8) is 0 Å². The van der Waals surface area contributed by atoms with Gasteiger partial charge in [0.2, 0.25) is 5.75 Å². The third kappa shape index (κ3) is 3.66. The molecule has 0 atom stereocenters. The van der Waals surface area contributed by atoms with E-state index in [2.05, 4.69) is 5.32 Å². The Hall–Kier alpha value is -2.69. The molecule has 0 bridgehead atoms. The van der Waals surface area contributed by atoms with E-state index in [1.54, 1.807) is 0 Å². The summed E-state index contributed by atoms with van der Waals surface area (Å²) in [6, 6.07) is 12.3. The van der Waals surface area contributed by atoms with Gasteiger partial charge in [-0.1, -0.05) is 30.3 Å². The van der Waals surface area contributed by atoms with Crippen molar-refractivity contribution in [1.29, 1.82) is 0 Å². The highest BCUT2D eigenvalue weighted by Crippen LogP contribution is 2.36. The van der Waals surface area contributed by atoms with Gasteiger partial charge >= 0.3 is 0 Å². The van der Waals surface area contributed by atoms with Crippen LogP contribution in [0.4, 0.5) is 0 Å². The molecule has 0 fully saturated rings. The van der Waals surface area contributed by atoms with Crippen molar-refractivity contribution in [2.45, 2.75) is 12.8 Å². The summed E-state index contributed by atoms with van der Waals surface area (Å²) in [6.45, 7) is 0.453. The minimum Gasteiger partial charge on any atom is -0.504 e. The van der Waals surface area contributed by atoms with E-state index in [1.165, 1.54) is 11.6 Å². The Labute approximate surface area is 122 Å². The maximum Gasteiger partial charge on any atom is 0.255 e. The van der Waals surface area contributed by atoms with Crippen molar-refractivity contribution < 1.29 is 20.1 Å². The smallest absolute Gasteiger partial charge is 0.255 e. The van der Waals surface area contributed by atoms with Crippen LogP contribution in [0.15, 0.2) is 42.5 Å². The van der Waals surface area contributed by atoms with Crippen LogP contribution < -0.4 is 5.32 Å². The van der Waals surface area contributed by atoms with Crippen LogP contribution in [-0.4, -0.2) is 27.8 Å². The highest BCUT2D eigenvalue weighted by molar-refractivity contribution is 5.98. The Balaban J connectivity index is 1.87. The molecule has 0 saturated heterocycles. The number of carbonyl (C=O) groups excluding carboxylic acids is 1. The van der Waals surface area contributed by atoms with Crippen molar-refractivity contribution in [3.8, 4) is 17.2 Å². The zero-order chi connectivity index (χ0) is 15.2. The van der Waals surface area contributed by atoms with Gasteiger partial charge in [0, 0.05) is 6.54 Å². The molecular formula is C16H17NO4. The summed E-state index contributed by atoms with van der Waals surface area (Å²) in [6.07, 6.45) is 1.61. The molecule has 1 amide bonds. The van der Waals surface area contributed by atoms with Crippen molar-refractivity contribution in [2.24, 2.45) is 0 Å². The highest BCUT2D eigenvalue weighted by Gasteiger charge is 2.16. The number of aromatic hydroxyl groups is 3. The molecule has 2 aromatic rings. The molecular weight excluding hydrogens is 270 g/mol. The zero-order valence-electron chi connectivity index (χ0n) is 11.4. The second-order valence-electron chi connectivity index (χ2n) is 4.67. The van der Waals surface area contributed by atoms with Gasteiger partial charge < -0.3 is 20.6 Å². The minimum atomic E-state index is -0.688. The molecule has 4 N–H and O–H groups in total. The fraction of sp³-hybridized carbons (Fsp3) is 0.188. The molecule has 2 aromatic carbocycles. The lowest BCUT2D eigenvalue weighted by Crippen LogP contribution is -2.24. The van der Waals surface area contributed by atoms with Crippen molar-refractivity contribution in [3.05, 3.63) is 53.6 Å². The van der Waals surface area contributed by atoms with Gasteiger partial charge in [-0.15, -0.1) is 0 Å². The predicted octanol–water partition coefficient (Wildman–Crippen LogP) is 2.17. The molecule has 0 saturated carbocycles. The van der Waals surface area contributed by atoms with E-state index in [0.29, 0.717) is 6.54 Å². The lowest BCUT2D eigenvalue weighted by molar-refractivity contribution is 0.0950. The average molecular weight is 287 g/mol. The molecule has 5 nitrogen and oxygen atoms in total. The van der Waals surface area contributed by atoms with E-state index in [-0.39, 0.29) is 5.56 Å². The van der Waals surface area contributed by atoms with Gasteiger partial charge in [0.1, 0.15) is 0 Å². The number of amides is 1. The van der Waals surface area contributed by atoms with Gasteiger partial charge in [-0.05, 0) is 30.5 Å². The summed E-state index contributed by atoms with van der Waals surface area (Å²) in [4.78, 5) is 11.9. The molecule has 0 unspecified atom stereocenters. The van der Waals surface area contributed by atoms with E-state index in [4.69, 9.17) is 0 Å². The lowest BCUT2D eigenvalue weighted by Gasteiger charge is -2.08. The zero-order valence-corrected chi connectivity index (χ0v) is 11.4. The number of phenolic OH excluding ortho intramolecular Hbond substituents is 3. The third-order valence-corrected chi connectivity index (χ3v) is 3.15. The first-order valence-corrected chi connectivity index (χ1v) is 6.65. The van der Waals surface area contributed by atoms with Crippen molar-refractivity contribution >= 4 is 5.91 Å². The SMILES string of the molecule is O=C(NCCCc1ccccc1)c1ccc(O)c(O)c1O. The van der Waals surface area contributed by atoms with Gasteiger partial charge in [0.25, 0.3) is 5.91 Å². The number of benzene rings is 2. The number of aryl methyl sites for hydroxylation is 1.